The fourth-order valence-electron chi connectivity index (χ4n) is 1.97. The van der Waals surface area contributed by atoms with E-state index in [1.54, 1.807) is 45.0 Å². The fourth-order valence-corrected chi connectivity index (χ4v) is 2.94. The summed E-state index contributed by atoms with van der Waals surface area (Å²) >= 11 is 0.954. The van der Waals surface area contributed by atoms with Gasteiger partial charge in [-0.1, -0.05) is 42.1 Å². The van der Waals surface area contributed by atoms with Crippen molar-refractivity contribution in [2.45, 2.75) is 44.6 Å². The molecular formula is C17H23NO5S. The summed E-state index contributed by atoms with van der Waals surface area (Å²) in [4.78, 5) is 35.9. The van der Waals surface area contributed by atoms with Gasteiger partial charge < -0.3 is 14.8 Å². The predicted molar refractivity (Wildman–Crippen MR) is 92.6 cm³/mol. The Balaban J connectivity index is 3.11. The third kappa shape index (κ3) is 6.62. The Morgan fingerprint density at radius 2 is 1.71 bits per heavy atom. The second kappa shape index (κ2) is 8.73. The van der Waals surface area contributed by atoms with Crippen LogP contribution >= 0.6 is 11.8 Å². The van der Waals surface area contributed by atoms with Crippen LogP contribution in [0.25, 0.3) is 0 Å². The molecule has 0 heterocycles. The third-order valence-corrected chi connectivity index (χ3v) is 3.98. The van der Waals surface area contributed by atoms with Crippen LogP contribution in [-0.2, 0) is 19.1 Å². The zero-order chi connectivity index (χ0) is 18.3. The van der Waals surface area contributed by atoms with Crippen molar-refractivity contribution < 1.29 is 23.9 Å². The lowest BCUT2D eigenvalue weighted by Crippen LogP contribution is -2.46. The summed E-state index contributed by atoms with van der Waals surface area (Å²) in [6.07, 6.45) is -0.747. The minimum Gasteiger partial charge on any atom is -0.467 e. The Hall–Kier alpha value is -2.02. The normalized spacial score (nSPS) is 13.5. The molecular weight excluding hydrogens is 330 g/mol. The second-order valence-corrected chi connectivity index (χ2v) is 7.41. The number of benzene rings is 1. The first-order valence-electron chi connectivity index (χ1n) is 7.43. The monoisotopic (exact) mass is 353 g/mol. The first-order valence-corrected chi connectivity index (χ1v) is 8.31. The maximum atomic E-state index is 12.2. The summed E-state index contributed by atoms with van der Waals surface area (Å²) in [7, 11) is 1.23. The molecule has 1 aromatic rings. The summed E-state index contributed by atoms with van der Waals surface area (Å²) in [5.74, 6) is -0.650. The molecule has 1 aromatic carbocycles. The highest BCUT2D eigenvalue weighted by Crippen LogP contribution is 2.33. The molecule has 0 aliphatic carbocycles. The molecule has 24 heavy (non-hydrogen) atoms. The molecule has 0 spiro atoms. The van der Waals surface area contributed by atoms with E-state index in [-0.39, 0.29) is 5.12 Å². The highest BCUT2D eigenvalue weighted by atomic mass is 32.2. The predicted octanol–water partition coefficient (Wildman–Crippen LogP) is 3.07. The summed E-state index contributed by atoms with van der Waals surface area (Å²) < 4.78 is 10.00. The van der Waals surface area contributed by atoms with Crippen LogP contribution in [0.2, 0.25) is 0 Å². The van der Waals surface area contributed by atoms with E-state index in [2.05, 4.69) is 5.32 Å². The fraction of sp³-hybridized carbons (Fsp3) is 0.471. The zero-order valence-electron chi connectivity index (χ0n) is 14.5. The van der Waals surface area contributed by atoms with Crippen LogP contribution in [0.4, 0.5) is 4.79 Å². The van der Waals surface area contributed by atoms with Gasteiger partial charge in [-0.3, -0.25) is 4.79 Å². The van der Waals surface area contributed by atoms with Crippen LogP contribution in [0.1, 0.15) is 38.5 Å². The molecule has 6 nitrogen and oxygen atoms in total. The van der Waals surface area contributed by atoms with Crippen LogP contribution < -0.4 is 5.32 Å². The lowest BCUT2D eigenvalue weighted by atomic mass is 10.1. The van der Waals surface area contributed by atoms with Gasteiger partial charge in [-0.05, 0) is 26.3 Å². The molecule has 7 heteroatoms. The molecule has 0 bridgehead atoms. The van der Waals surface area contributed by atoms with E-state index in [0.717, 1.165) is 17.3 Å². The van der Waals surface area contributed by atoms with E-state index >= 15 is 0 Å². The van der Waals surface area contributed by atoms with Gasteiger partial charge in [0.25, 0.3) is 0 Å². The number of ether oxygens (including phenoxy) is 2. The summed E-state index contributed by atoms with van der Waals surface area (Å²) in [5.41, 5.74) is 0.0184. The van der Waals surface area contributed by atoms with E-state index in [1.165, 1.54) is 14.0 Å². The molecule has 0 radical (unpaired) electrons. The summed E-state index contributed by atoms with van der Waals surface area (Å²) in [5, 5.41) is 1.72. The van der Waals surface area contributed by atoms with Crippen molar-refractivity contribution in [1.82, 2.24) is 5.32 Å². The number of amides is 1. The highest BCUT2D eigenvalue weighted by molar-refractivity contribution is 8.13. The van der Waals surface area contributed by atoms with Gasteiger partial charge in [0, 0.05) is 6.92 Å². The number of hydrogen-bond acceptors (Lipinski definition) is 6. The molecule has 0 saturated heterocycles. The first kappa shape index (κ1) is 20.0. The van der Waals surface area contributed by atoms with Crippen LogP contribution in [-0.4, -0.2) is 35.9 Å². The number of carbonyl (C=O) groups is 3. The Morgan fingerprint density at radius 3 is 2.17 bits per heavy atom. The number of methoxy groups -OCH3 is 1. The largest absolute Gasteiger partial charge is 0.467 e. The van der Waals surface area contributed by atoms with Crippen molar-refractivity contribution in [1.29, 1.82) is 0 Å². The number of alkyl carbamates (subject to hydrolysis) is 1. The van der Waals surface area contributed by atoms with E-state index in [4.69, 9.17) is 9.47 Å². The van der Waals surface area contributed by atoms with Gasteiger partial charge in [0.05, 0.1) is 12.4 Å². The maximum absolute atomic E-state index is 12.2. The number of rotatable bonds is 5. The average Bonchev–Trinajstić information content (AvgIpc) is 2.48. The quantitative estimate of drug-likeness (QED) is 0.819. The van der Waals surface area contributed by atoms with Crippen molar-refractivity contribution in [3.05, 3.63) is 35.9 Å². The van der Waals surface area contributed by atoms with E-state index < -0.39 is 29.0 Å². The number of thioether (sulfide) groups is 1. The number of hydrogen-bond donors (Lipinski definition) is 1. The van der Waals surface area contributed by atoms with Gasteiger partial charge in [-0.25, -0.2) is 9.59 Å². The number of nitrogens with one attached hydrogen (secondary N) is 1. The van der Waals surface area contributed by atoms with Gasteiger partial charge in [-0.15, -0.1) is 0 Å². The average molecular weight is 353 g/mol. The van der Waals surface area contributed by atoms with Crippen molar-refractivity contribution in [3.63, 3.8) is 0 Å². The van der Waals surface area contributed by atoms with Gasteiger partial charge in [0.1, 0.15) is 11.6 Å². The van der Waals surface area contributed by atoms with Gasteiger partial charge in [-0.2, -0.15) is 0 Å². The Morgan fingerprint density at radius 1 is 1.12 bits per heavy atom. The molecule has 0 aliphatic rings. The lowest BCUT2D eigenvalue weighted by molar-refractivity contribution is -0.143. The summed E-state index contributed by atoms with van der Waals surface area (Å²) in [6.45, 7) is 6.57. The Labute approximate surface area is 146 Å². The highest BCUT2D eigenvalue weighted by Gasteiger charge is 2.34. The van der Waals surface area contributed by atoms with E-state index in [1.807, 2.05) is 6.07 Å². The van der Waals surface area contributed by atoms with Crippen molar-refractivity contribution in [3.8, 4) is 0 Å². The van der Waals surface area contributed by atoms with Crippen LogP contribution in [0.5, 0.6) is 0 Å². The second-order valence-electron chi connectivity index (χ2n) is 6.09. The molecule has 2 unspecified atom stereocenters. The smallest absolute Gasteiger partial charge is 0.408 e. The maximum Gasteiger partial charge on any atom is 0.408 e. The molecule has 1 N–H and O–H groups in total. The topological polar surface area (TPSA) is 81.7 Å². The van der Waals surface area contributed by atoms with E-state index in [0.29, 0.717) is 0 Å². The molecule has 2 atom stereocenters. The minimum atomic E-state index is -1.05. The first-order chi connectivity index (χ1) is 11.1. The van der Waals surface area contributed by atoms with Crippen molar-refractivity contribution >= 4 is 28.9 Å². The molecule has 0 fully saturated rings. The standard InChI is InChI=1S/C17H23NO5S/c1-11(19)24-14(12-9-7-6-8-10-12)13(15(20)22-5)18-16(21)23-17(2,3)4/h6-10,13-14H,1-5H3,(H,18,21). The van der Waals surface area contributed by atoms with Crippen LogP contribution in [0, 0.1) is 0 Å². The zero-order valence-corrected chi connectivity index (χ0v) is 15.3. The van der Waals surface area contributed by atoms with Gasteiger partial charge >= 0.3 is 12.1 Å². The van der Waals surface area contributed by atoms with E-state index in [9.17, 15) is 14.4 Å². The molecule has 0 saturated carbocycles. The summed E-state index contributed by atoms with van der Waals surface area (Å²) in [6, 6.07) is 7.94. The SMILES string of the molecule is COC(=O)C(NC(=O)OC(C)(C)C)C(SC(C)=O)c1ccccc1. The molecule has 1 rings (SSSR count). The van der Waals surface area contributed by atoms with Gasteiger partial charge in [0.2, 0.25) is 0 Å². The number of carbonyl (C=O) groups excluding carboxylic acids is 3. The Bertz CT molecular complexity index is 582. The Kier molecular flexibility index (Phi) is 7.28. The lowest BCUT2D eigenvalue weighted by Gasteiger charge is -2.27. The third-order valence-electron chi connectivity index (χ3n) is 2.85. The van der Waals surface area contributed by atoms with Crippen molar-refractivity contribution in [2.75, 3.05) is 7.11 Å². The number of esters is 1. The molecule has 1 amide bonds. The molecule has 0 aliphatic heterocycles. The van der Waals surface area contributed by atoms with Gasteiger partial charge in [0.15, 0.2) is 5.12 Å². The molecule has 132 valence electrons. The minimum absolute atomic E-state index is 0.177. The van der Waals surface area contributed by atoms with Crippen molar-refractivity contribution in [2.24, 2.45) is 0 Å². The molecule has 0 aromatic heterocycles. The van der Waals surface area contributed by atoms with Crippen LogP contribution in [0.15, 0.2) is 30.3 Å². The van der Waals surface area contributed by atoms with Crippen LogP contribution in [0.3, 0.4) is 0 Å².